The maximum absolute atomic E-state index is 15.8. The van der Waals surface area contributed by atoms with Crippen molar-refractivity contribution in [1.29, 1.82) is 0 Å². The van der Waals surface area contributed by atoms with Gasteiger partial charge in [-0.25, -0.2) is 17.6 Å². The second-order valence-electron chi connectivity index (χ2n) is 10.7. The molecule has 224 valence electrons. The Kier molecular flexibility index (Phi) is 6.53. The molecule has 3 aromatic carbocycles. The highest BCUT2D eigenvalue weighted by atomic mass is 35.5. The summed E-state index contributed by atoms with van der Waals surface area (Å²) in [4.78, 5) is 26.0. The Hall–Kier alpha value is -4.13. The van der Waals surface area contributed by atoms with Gasteiger partial charge in [-0.2, -0.15) is 18.3 Å². The van der Waals surface area contributed by atoms with Crippen LogP contribution in [0.1, 0.15) is 62.0 Å². The largest absolute Gasteiger partial charge is 0.416 e. The molecule has 0 bridgehead atoms. The summed E-state index contributed by atoms with van der Waals surface area (Å²) in [6, 6.07) is 3.92. The third kappa shape index (κ3) is 4.60. The fourth-order valence-corrected chi connectivity index (χ4v) is 6.14. The van der Waals surface area contributed by atoms with E-state index in [-0.39, 0.29) is 69.2 Å². The van der Waals surface area contributed by atoms with Crippen LogP contribution in [0.15, 0.2) is 36.4 Å². The second-order valence-corrected chi connectivity index (χ2v) is 11.1. The van der Waals surface area contributed by atoms with Gasteiger partial charge in [0.1, 0.15) is 17.2 Å². The lowest BCUT2D eigenvalue weighted by atomic mass is 9.77. The molecule has 1 saturated carbocycles. The number of rotatable bonds is 5. The number of carbonyl (C=O) groups excluding carboxylic acids is 2. The summed E-state index contributed by atoms with van der Waals surface area (Å²) in [7, 11) is 1.47. The molecule has 2 unspecified atom stereocenters. The molecule has 14 heteroatoms. The number of fused-ring (bicyclic) bond motifs is 3. The molecular formula is C29H20ClF7N4O2. The summed E-state index contributed by atoms with van der Waals surface area (Å²) in [5.41, 5.74) is 2.36. The van der Waals surface area contributed by atoms with Crippen LogP contribution in [0.5, 0.6) is 0 Å². The Labute approximate surface area is 243 Å². The Bertz CT molecular complexity index is 1870. The summed E-state index contributed by atoms with van der Waals surface area (Å²) in [6.07, 6.45) is -5.28. The smallest absolute Gasteiger partial charge is 0.366 e. The zero-order valence-electron chi connectivity index (χ0n) is 22.1. The zero-order valence-corrected chi connectivity index (χ0v) is 22.8. The second kappa shape index (κ2) is 9.69. The average molecular weight is 625 g/mol. The number of halogens is 8. The van der Waals surface area contributed by atoms with Crippen LogP contribution in [0.4, 0.5) is 30.7 Å². The first-order valence-corrected chi connectivity index (χ1v) is 13.3. The van der Waals surface area contributed by atoms with Gasteiger partial charge in [-0.15, -0.1) is 0 Å². The van der Waals surface area contributed by atoms with E-state index in [0.29, 0.717) is 6.07 Å². The Morgan fingerprint density at radius 1 is 1.16 bits per heavy atom. The molecular weight excluding hydrogens is 605 g/mol. The number of primary amides is 1. The van der Waals surface area contributed by atoms with Gasteiger partial charge in [0, 0.05) is 52.2 Å². The summed E-state index contributed by atoms with van der Waals surface area (Å²) in [5.74, 6) is -8.36. The lowest BCUT2D eigenvalue weighted by Gasteiger charge is -2.36. The van der Waals surface area contributed by atoms with E-state index in [1.165, 1.54) is 23.9 Å². The van der Waals surface area contributed by atoms with Gasteiger partial charge in [-0.1, -0.05) is 11.6 Å². The van der Waals surface area contributed by atoms with Crippen LogP contribution in [-0.4, -0.2) is 27.5 Å². The van der Waals surface area contributed by atoms with E-state index in [0.717, 1.165) is 12.1 Å². The van der Waals surface area contributed by atoms with E-state index in [2.05, 4.69) is 10.4 Å². The molecule has 1 aliphatic carbocycles. The van der Waals surface area contributed by atoms with Crippen LogP contribution >= 0.6 is 11.6 Å². The summed E-state index contributed by atoms with van der Waals surface area (Å²) in [5, 5.41) is 7.18. The van der Waals surface area contributed by atoms with E-state index in [9.17, 15) is 35.9 Å². The molecule has 0 radical (unpaired) electrons. The van der Waals surface area contributed by atoms with Crippen LogP contribution in [-0.2, 0) is 19.6 Å². The Morgan fingerprint density at radius 2 is 1.88 bits per heavy atom. The van der Waals surface area contributed by atoms with Gasteiger partial charge in [0.05, 0.1) is 22.7 Å². The number of nitrogens with zero attached hydrogens (tertiary/aromatic N) is 2. The maximum atomic E-state index is 15.8. The highest BCUT2D eigenvalue weighted by Gasteiger charge is 2.48. The van der Waals surface area contributed by atoms with Crippen LogP contribution in [0, 0.1) is 17.6 Å². The monoisotopic (exact) mass is 624 g/mol. The molecule has 4 aromatic rings. The van der Waals surface area contributed by atoms with Crippen LogP contribution < -0.4 is 11.1 Å². The minimum atomic E-state index is -5.03. The van der Waals surface area contributed by atoms with Gasteiger partial charge in [-0.05, 0) is 54.8 Å². The number of hydrogen-bond acceptors (Lipinski definition) is 3. The first kappa shape index (κ1) is 29.0. The number of aryl methyl sites for hydroxylation is 1. The average Bonchev–Trinajstić information content (AvgIpc) is 3.42. The van der Waals surface area contributed by atoms with E-state index in [1.807, 2.05) is 0 Å². The molecule has 3 N–H and O–H groups in total. The number of alkyl halides is 5. The highest BCUT2D eigenvalue weighted by Crippen LogP contribution is 2.49. The van der Waals surface area contributed by atoms with Gasteiger partial charge in [0.15, 0.2) is 0 Å². The van der Waals surface area contributed by atoms with Crippen molar-refractivity contribution in [2.75, 3.05) is 0 Å². The number of amides is 2. The molecule has 2 atom stereocenters. The van der Waals surface area contributed by atoms with Crippen LogP contribution in [0.25, 0.3) is 22.0 Å². The molecule has 2 heterocycles. The van der Waals surface area contributed by atoms with Crippen molar-refractivity contribution in [2.24, 2.45) is 18.7 Å². The normalized spacial score (nSPS) is 19.3. The van der Waals surface area contributed by atoms with Gasteiger partial charge >= 0.3 is 6.18 Å². The minimum Gasteiger partial charge on any atom is -0.366 e. The van der Waals surface area contributed by atoms with Crippen molar-refractivity contribution in [3.63, 3.8) is 0 Å². The van der Waals surface area contributed by atoms with E-state index < -0.39 is 64.2 Å². The first-order chi connectivity index (χ1) is 20.1. The molecule has 2 amide bonds. The molecule has 6 nitrogen and oxygen atoms in total. The number of carbonyl (C=O) groups is 2. The van der Waals surface area contributed by atoms with Gasteiger partial charge < -0.3 is 11.1 Å². The summed E-state index contributed by atoms with van der Waals surface area (Å²) < 4.78 is 101. The molecule has 43 heavy (non-hydrogen) atoms. The van der Waals surface area contributed by atoms with Gasteiger partial charge in [0.2, 0.25) is 5.91 Å². The predicted molar refractivity (Wildman–Crippen MR) is 142 cm³/mol. The number of benzene rings is 3. The first-order valence-electron chi connectivity index (χ1n) is 13.0. The molecule has 0 spiro atoms. The molecule has 1 aromatic heterocycles. The number of nitrogens with one attached hydrogen (secondary N) is 1. The van der Waals surface area contributed by atoms with E-state index >= 15 is 4.39 Å². The molecule has 1 fully saturated rings. The number of aromatic nitrogens is 2. The summed E-state index contributed by atoms with van der Waals surface area (Å²) in [6.45, 7) is 0. The lowest BCUT2D eigenvalue weighted by Crippen LogP contribution is -2.40. The Morgan fingerprint density at radius 3 is 2.49 bits per heavy atom. The van der Waals surface area contributed by atoms with Crippen molar-refractivity contribution >= 4 is 34.3 Å². The SMILES string of the molecule is Cn1nc2c3c(c(-c4c(F)cc(C(F)(F)F)cc4C(N)=O)cc2c1CC1CCC1(F)F)C(c1cc(F)ccc1Cl)NC3=O. The quantitative estimate of drug-likeness (QED) is 0.242. The van der Waals surface area contributed by atoms with Crippen LogP contribution in [0.3, 0.4) is 0 Å². The van der Waals surface area contributed by atoms with Crippen LogP contribution in [0.2, 0.25) is 5.02 Å². The van der Waals surface area contributed by atoms with Crippen molar-refractivity contribution in [1.82, 2.24) is 15.1 Å². The summed E-state index contributed by atoms with van der Waals surface area (Å²) >= 11 is 6.34. The Balaban J connectivity index is 1.71. The van der Waals surface area contributed by atoms with Crippen molar-refractivity contribution in [3.8, 4) is 11.1 Å². The number of hydrogen-bond donors (Lipinski definition) is 2. The molecule has 6 rings (SSSR count). The molecule has 0 saturated heterocycles. The van der Waals surface area contributed by atoms with E-state index in [4.69, 9.17) is 17.3 Å². The number of nitrogens with two attached hydrogens (primary N) is 1. The third-order valence-corrected chi connectivity index (χ3v) is 8.51. The van der Waals surface area contributed by atoms with Gasteiger partial charge in [0.25, 0.3) is 11.8 Å². The maximum Gasteiger partial charge on any atom is 0.416 e. The fourth-order valence-electron chi connectivity index (χ4n) is 5.91. The third-order valence-electron chi connectivity index (χ3n) is 8.17. The van der Waals surface area contributed by atoms with Gasteiger partial charge in [-0.3, -0.25) is 14.3 Å². The zero-order chi connectivity index (χ0) is 31.2. The van der Waals surface area contributed by atoms with E-state index in [1.54, 1.807) is 0 Å². The molecule has 1 aliphatic heterocycles. The van der Waals surface area contributed by atoms with Crippen molar-refractivity contribution < 1.29 is 40.3 Å². The molecule has 2 aliphatic rings. The lowest BCUT2D eigenvalue weighted by molar-refractivity contribution is -0.137. The van der Waals surface area contributed by atoms with Crippen molar-refractivity contribution in [2.45, 2.75) is 37.4 Å². The highest BCUT2D eigenvalue weighted by molar-refractivity contribution is 6.31. The topological polar surface area (TPSA) is 90.0 Å². The minimum absolute atomic E-state index is 0.00235. The predicted octanol–water partition coefficient (Wildman–Crippen LogP) is 6.71. The van der Waals surface area contributed by atoms with Crippen molar-refractivity contribution in [3.05, 3.63) is 86.6 Å². The fraction of sp³-hybridized carbons (Fsp3) is 0.276. The standard InChI is InChI=1S/C29H20ClF7N4O2/c1-41-20(8-11-4-5-28(11,33)34)15-10-16(21-17(26(38)42)6-12(7-19(21)32)29(35,36)37)22-23(25(15)40-41)27(43)39-24(22)14-9-13(31)2-3-18(14)30/h2-3,6-7,9-11,24H,4-5,8H2,1H3,(H2,38,42)(H,39,43).